The Labute approximate surface area is 212 Å². The van der Waals surface area contributed by atoms with Crippen LogP contribution in [0.15, 0.2) is 75.9 Å². The maximum atomic E-state index is 12.6. The van der Waals surface area contributed by atoms with E-state index in [1.165, 1.54) is 24.3 Å². The summed E-state index contributed by atoms with van der Waals surface area (Å²) in [6.45, 7) is 1.26. The summed E-state index contributed by atoms with van der Waals surface area (Å²) in [5, 5.41) is 20.4. The molecule has 1 unspecified atom stereocenters. The fourth-order valence-electron chi connectivity index (χ4n) is 3.42. The van der Waals surface area contributed by atoms with E-state index in [2.05, 4.69) is 25.7 Å². The van der Waals surface area contributed by atoms with Gasteiger partial charge in [0.15, 0.2) is 5.96 Å². The molecule has 1 atom stereocenters. The molecule has 1 aliphatic rings. The van der Waals surface area contributed by atoms with E-state index in [0.717, 1.165) is 41.6 Å². The van der Waals surface area contributed by atoms with Crippen molar-refractivity contribution in [1.82, 2.24) is 15.4 Å². The Morgan fingerprint density at radius 3 is 2.53 bits per heavy atom. The quantitative estimate of drug-likeness (QED) is 0.287. The highest BCUT2D eigenvalue weighted by molar-refractivity contribution is 7.89. The van der Waals surface area contributed by atoms with Gasteiger partial charge in [0, 0.05) is 35.5 Å². The standard InChI is InChI=1S/C24H25N5O5S2/c30-22(27-14-20(23(31)32)29-36(33,34)19-5-2-1-3-6-19)17-9-7-16(8-10-17)21-13-18(15-35-21)28-24-25-11-4-12-26-24/h1-3,5-10,13,15,20,29H,4,11-12,14H2,(H,27,30)(H,31,32)(H2,25,26,28). The Kier molecular flexibility index (Phi) is 7.98. The molecule has 188 valence electrons. The smallest absolute Gasteiger partial charge is 0.323 e. The molecule has 0 radical (unpaired) electrons. The number of carboxylic acids is 1. The van der Waals surface area contributed by atoms with Crippen molar-refractivity contribution in [3.05, 3.63) is 71.6 Å². The maximum Gasteiger partial charge on any atom is 0.323 e. The van der Waals surface area contributed by atoms with Crippen LogP contribution in [0.3, 0.4) is 0 Å². The first-order valence-corrected chi connectivity index (χ1v) is 13.5. The number of carbonyl (C=O) groups is 2. The van der Waals surface area contributed by atoms with Crippen LogP contribution in [0, 0.1) is 0 Å². The summed E-state index contributed by atoms with van der Waals surface area (Å²) in [5.74, 6) is -1.16. The number of rotatable bonds is 9. The topological polar surface area (TPSA) is 149 Å². The summed E-state index contributed by atoms with van der Waals surface area (Å²) in [7, 11) is -4.06. The number of sulfonamides is 1. The lowest BCUT2D eigenvalue weighted by molar-refractivity contribution is -0.138. The Morgan fingerprint density at radius 1 is 1.11 bits per heavy atom. The minimum atomic E-state index is -4.06. The summed E-state index contributed by atoms with van der Waals surface area (Å²) in [5.41, 5.74) is 2.16. The van der Waals surface area contributed by atoms with Gasteiger partial charge in [-0.2, -0.15) is 4.72 Å². The lowest BCUT2D eigenvalue weighted by Gasteiger charge is -2.15. The number of hydrogen-bond donors (Lipinski definition) is 5. The molecule has 2 aromatic carbocycles. The first-order valence-electron chi connectivity index (χ1n) is 11.1. The van der Waals surface area contributed by atoms with Gasteiger partial charge in [-0.15, -0.1) is 11.3 Å². The number of aliphatic imine (C=N–C) groups is 1. The Hall–Kier alpha value is -3.74. The van der Waals surface area contributed by atoms with Crippen LogP contribution in [0.4, 0.5) is 5.69 Å². The zero-order valence-corrected chi connectivity index (χ0v) is 20.7. The van der Waals surface area contributed by atoms with Crippen molar-refractivity contribution in [3.63, 3.8) is 0 Å². The van der Waals surface area contributed by atoms with E-state index in [4.69, 9.17) is 0 Å². The van der Waals surface area contributed by atoms with E-state index in [9.17, 15) is 23.1 Å². The molecule has 0 aliphatic carbocycles. The zero-order chi connectivity index (χ0) is 25.5. The average molecular weight is 528 g/mol. The monoisotopic (exact) mass is 527 g/mol. The normalized spacial score (nSPS) is 14.3. The molecule has 12 heteroatoms. The molecular weight excluding hydrogens is 502 g/mol. The molecule has 1 amide bonds. The van der Waals surface area contributed by atoms with Gasteiger partial charge in [-0.05, 0) is 42.3 Å². The number of benzene rings is 2. The second-order valence-electron chi connectivity index (χ2n) is 7.95. The van der Waals surface area contributed by atoms with Crippen molar-refractivity contribution >= 4 is 44.9 Å². The first kappa shape index (κ1) is 25.4. The molecule has 1 aromatic heterocycles. The SMILES string of the molecule is O=C(NCC(NS(=O)(=O)c1ccccc1)C(=O)O)c1ccc(-c2cc(NC3=NCCCN3)cs2)cc1. The molecule has 5 N–H and O–H groups in total. The van der Waals surface area contributed by atoms with Crippen LogP contribution in [-0.4, -0.2) is 57.0 Å². The Morgan fingerprint density at radius 2 is 1.86 bits per heavy atom. The predicted octanol–water partition coefficient (Wildman–Crippen LogP) is 2.34. The van der Waals surface area contributed by atoms with Crippen LogP contribution in [-0.2, 0) is 14.8 Å². The number of carboxylic acid groups (broad SMARTS) is 1. The minimum absolute atomic E-state index is 0.0620. The van der Waals surface area contributed by atoms with Gasteiger partial charge in [0.1, 0.15) is 6.04 Å². The number of guanidine groups is 1. The molecule has 36 heavy (non-hydrogen) atoms. The number of hydrogen-bond acceptors (Lipinski definition) is 8. The molecule has 0 bridgehead atoms. The second-order valence-corrected chi connectivity index (χ2v) is 10.6. The van der Waals surface area contributed by atoms with Crippen molar-refractivity contribution in [2.45, 2.75) is 17.4 Å². The van der Waals surface area contributed by atoms with Gasteiger partial charge in [0.2, 0.25) is 10.0 Å². The van der Waals surface area contributed by atoms with Gasteiger partial charge in [0.05, 0.1) is 10.6 Å². The van der Waals surface area contributed by atoms with Gasteiger partial charge in [-0.25, -0.2) is 8.42 Å². The third-order valence-electron chi connectivity index (χ3n) is 5.31. The minimum Gasteiger partial charge on any atom is -0.480 e. The van der Waals surface area contributed by atoms with E-state index >= 15 is 0 Å². The van der Waals surface area contributed by atoms with Crippen molar-refractivity contribution in [2.24, 2.45) is 4.99 Å². The number of aliphatic carboxylic acids is 1. The number of carbonyl (C=O) groups excluding carboxylic acids is 1. The van der Waals surface area contributed by atoms with Crippen LogP contribution < -0.4 is 20.7 Å². The van der Waals surface area contributed by atoms with Crippen molar-refractivity contribution in [2.75, 3.05) is 25.0 Å². The first-order chi connectivity index (χ1) is 17.3. The van der Waals surface area contributed by atoms with E-state index in [-0.39, 0.29) is 4.90 Å². The van der Waals surface area contributed by atoms with Crippen molar-refractivity contribution < 1.29 is 23.1 Å². The number of nitrogens with one attached hydrogen (secondary N) is 4. The molecule has 10 nitrogen and oxygen atoms in total. The van der Waals surface area contributed by atoms with Gasteiger partial charge < -0.3 is 21.1 Å². The van der Waals surface area contributed by atoms with Crippen LogP contribution in [0.1, 0.15) is 16.8 Å². The van der Waals surface area contributed by atoms with Crippen molar-refractivity contribution in [3.8, 4) is 10.4 Å². The highest BCUT2D eigenvalue weighted by Gasteiger charge is 2.26. The molecule has 4 rings (SSSR count). The number of amides is 1. The van der Waals surface area contributed by atoms with E-state index in [1.54, 1.807) is 41.7 Å². The maximum absolute atomic E-state index is 12.6. The molecule has 1 aliphatic heterocycles. The lowest BCUT2D eigenvalue weighted by Crippen LogP contribution is -2.48. The molecule has 0 saturated heterocycles. The lowest BCUT2D eigenvalue weighted by atomic mass is 10.1. The molecule has 2 heterocycles. The molecular formula is C24H25N5O5S2. The third kappa shape index (κ3) is 6.47. The summed E-state index contributed by atoms with van der Waals surface area (Å²) < 4.78 is 27.0. The van der Waals surface area contributed by atoms with E-state index in [0.29, 0.717) is 5.56 Å². The Balaban J connectivity index is 1.35. The highest BCUT2D eigenvalue weighted by atomic mass is 32.2. The van der Waals surface area contributed by atoms with Crippen LogP contribution in [0.25, 0.3) is 10.4 Å². The number of anilines is 1. The van der Waals surface area contributed by atoms with Gasteiger partial charge in [0.25, 0.3) is 5.91 Å². The van der Waals surface area contributed by atoms with Gasteiger partial charge >= 0.3 is 5.97 Å². The summed E-state index contributed by atoms with van der Waals surface area (Å²) in [6, 6.07) is 14.8. The molecule has 0 saturated carbocycles. The Bertz CT molecular complexity index is 1360. The summed E-state index contributed by atoms with van der Waals surface area (Å²) >= 11 is 1.55. The molecule has 0 spiro atoms. The fourth-order valence-corrected chi connectivity index (χ4v) is 5.48. The number of thiophene rings is 1. The fraction of sp³-hybridized carbons (Fsp3) is 0.208. The predicted molar refractivity (Wildman–Crippen MR) is 139 cm³/mol. The number of nitrogens with zero attached hydrogens (tertiary/aromatic N) is 1. The second kappa shape index (κ2) is 11.3. The molecule has 3 aromatic rings. The largest absolute Gasteiger partial charge is 0.480 e. The van der Waals surface area contributed by atoms with E-state index < -0.39 is 34.5 Å². The van der Waals surface area contributed by atoms with Crippen LogP contribution in [0.5, 0.6) is 0 Å². The average Bonchev–Trinajstić information content (AvgIpc) is 3.36. The van der Waals surface area contributed by atoms with Gasteiger partial charge in [-0.3, -0.25) is 14.6 Å². The van der Waals surface area contributed by atoms with Crippen LogP contribution in [0.2, 0.25) is 0 Å². The molecule has 0 fully saturated rings. The zero-order valence-electron chi connectivity index (χ0n) is 19.1. The highest BCUT2D eigenvalue weighted by Crippen LogP contribution is 2.30. The van der Waals surface area contributed by atoms with Crippen LogP contribution >= 0.6 is 11.3 Å². The summed E-state index contributed by atoms with van der Waals surface area (Å²) in [6.07, 6.45) is 1.01. The van der Waals surface area contributed by atoms with Crippen molar-refractivity contribution in [1.29, 1.82) is 0 Å². The van der Waals surface area contributed by atoms with Gasteiger partial charge in [-0.1, -0.05) is 30.3 Å². The summed E-state index contributed by atoms with van der Waals surface area (Å²) in [4.78, 5) is 29.5. The van der Waals surface area contributed by atoms with E-state index in [1.807, 2.05) is 11.4 Å². The third-order valence-corrected chi connectivity index (χ3v) is 7.77.